The molecule has 3 heteroatoms. The Hall–Kier alpha value is 0.210. The maximum absolute atomic E-state index is 10.4. The third-order valence-electron chi connectivity index (χ3n) is 7.95. The second-order valence-corrected chi connectivity index (χ2v) is 11.3. The first-order valence-corrected chi connectivity index (χ1v) is 15.6. The minimum absolute atomic E-state index is 0. The normalized spacial score (nSPS) is 12.6. The maximum atomic E-state index is 10.4. The predicted molar refractivity (Wildman–Crippen MR) is 150 cm³/mol. The highest BCUT2D eigenvalue weighted by molar-refractivity contribution is 4.52. The van der Waals surface area contributed by atoms with Crippen LogP contribution >= 0.6 is 0 Å². The molecule has 0 rings (SSSR count). The van der Waals surface area contributed by atoms with Crippen molar-refractivity contribution in [2.45, 2.75) is 181 Å². The van der Waals surface area contributed by atoms with Gasteiger partial charge in [0.15, 0.2) is 6.23 Å². The fourth-order valence-electron chi connectivity index (χ4n) is 5.11. The van der Waals surface area contributed by atoms with E-state index in [4.69, 9.17) is 0 Å². The van der Waals surface area contributed by atoms with Crippen molar-refractivity contribution in [3.63, 3.8) is 0 Å². The minimum atomic E-state index is -0.231. The van der Waals surface area contributed by atoms with Crippen LogP contribution < -0.4 is 12.4 Å². The van der Waals surface area contributed by atoms with Crippen molar-refractivity contribution in [3.05, 3.63) is 0 Å². The summed E-state index contributed by atoms with van der Waals surface area (Å²) >= 11 is 0. The smallest absolute Gasteiger partial charge is 0.187 e. The molecule has 0 aromatic rings. The first kappa shape index (κ1) is 36.4. The molecule has 0 aliphatic heterocycles. The minimum Gasteiger partial charge on any atom is -1.00 e. The predicted octanol–water partition coefficient (Wildman–Crippen LogP) is 7.18. The molecule has 0 aromatic carbocycles. The SMILES string of the molecule is CCCCCCCCCCCCCC[N+](C)(CCCCCCCCCCCCCC)C(C)O.[Cl-]. The van der Waals surface area contributed by atoms with Crippen molar-refractivity contribution in [1.82, 2.24) is 0 Å². The van der Waals surface area contributed by atoms with Gasteiger partial charge in [0, 0.05) is 6.92 Å². The van der Waals surface area contributed by atoms with Crippen LogP contribution in [-0.4, -0.2) is 36.0 Å². The second-order valence-electron chi connectivity index (χ2n) is 11.3. The van der Waals surface area contributed by atoms with Gasteiger partial charge in [-0.2, -0.15) is 0 Å². The van der Waals surface area contributed by atoms with Gasteiger partial charge >= 0.3 is 0 Å². The summed E-state index contributed by atoms with van der Waals surface area (Å²) in [4.78, 5) is 0. The Morgan fingerprint density at radius 1 is 0.441 bits per heavy atom. The number of unbranched alkanes of at least 4 members (excludes halogenated alkanes) is 22. The highest BCUT2D eigenvalue weighted by atomic mass is 35.5. The molecular weight excluding hydrogens is 438 g/mol. The third kappa shape index (κ3) is 23.9. The van der Waals surface area contributed by atoms with Crippen molar-refractivity contribution >= 4 is 0 Å². The van der Waals surface area contributed by atoms with E-state index in [2.05, 4.69) is 20.9 Å². The van der Waals surface area contributed by atoms with Gasteiger partial charge in [0.1, 0.15) is 0 Å². The Morgan fingerprint density at radius 3 is 0.853 bits per heavy atom. The molecule has 0 aromatic heterocycles. The van der Waals surface area contributed by atoms with Crippen LogP contribution in [0.5, 0.6) is 0 Å². The summed E-state index contributed by atoms with van der Waals surface area (Å²) in [6, 6.07) is 0. The molecule has 34 heavy (non-hydrogen) atoms. The Morgan fingerprint density at radius 2 is 0.647 bits per heavy atom. The van der Waals surface area contributed by atoms with Gasteiger partial charge in [-0.1, -0.05) is 142 Å². The summed E-state index contributed by atoms with van der Waals surface area (Å²) in [5.74, 6) is 0. The fourth-order valence-corrected chi connectivity index (χ4v) is 5.11. The van der Waals surface area contributed by atoms with E-state index in [9.17, 15) is 5.11 Å². The largest absolute Gasteiger partial charge is 1.00 e. The molecule has 0 aliphatic rings. The lowest BCUT2D eigenvalue weighted by molar-refractivity contribution is -0.952. The average Bonchev–Trinajstić information content (AvgIpc) is 2.80. The van der Waals surface area contributed by atoms with Gasteiger partial charge in [-0.25, -0.2) is 0 Å². The molecule has 1 unspecified atom stereocenters. The van der Waals surface area contributed by atoms with Crippen LogP contribution in [0.3, 0.4) is 0 Å². The number of aliphatic hydroxyl groups excluding tert-OH is 1. The summed E-state index contributed by atoms with van der Waals surface area (Å²) in [5.41, 5.74) is 0. The molecule has 2 nitrogen and oxygen atoms in total. The van der Waals surface area contributed by atoms with Crippen molar-refractivity contribution < 1.29 is 22.0 Å². The average molecular weight is 504 g/mol. The summed E-state index contributed by atoms with van der Waals surface area (Å²) in [6.45, 7) is 8.88. The van der Waals surface area contributed by atoms with Crippen LogP contribution in [0.25, 0.3) is 0 Å². The summed E-state index contributed by atoms with van der Waals surface area (Å²) in [6.07, 6.45) is 33.4. The van der Waals surface area contributed by atoms with Crippen molar-refractivity contribution in [1.29, 1.82) is 0 Å². The first-order valence-electron chi connectivity index (χ1n) is 15.6. The summed E-state index contributed by atoms with van der Waals surface area (Å²) in [7, 11) is 2.28. The molecule has 1 N–H and O–H groups in total. The molecule has 0 heterocycles. The van der Waals surface area contributed by atoms with E-state index in [0.29, 0.717) is 0 Å². The fraction of sp³-hybridized carbons (Fsp3) is 1.00. The zero-order chi connectivity index (χ0) is 24.5. The summed E-state index contributed by atoms with van der Waals surface area (Å²) in [5, 5.41) is 10.4. The van der Waals surface area contributed by atoms with Gasteiger partial charge in [-0.15, -0.1) is 0 Å². The van der Waals surface area contributed by atoms with E-state index >= 15 is 0 Å². The van der Waals surface area contributed by atoms with E-state index in [1.165, 1.54) is 154 Å². The van der Waals surface area contributed by atoms with Crippen molar-refractivity contribution in [2.24, 2.45) is 0 Å². The Kier molecular flexibility index (Phi) is 29.7. The molecule has 0 saturated carbocycles. The molecule has 0 radical (unpaired) electrons. The molecule has 0 fully saturated rings. The zero-order valence-electron chi connectivity index (χ0n) is 24.2. The van der Waals surface area contributed by atoms with Crippen LogP contribution in [0.1, 0.15) is 175 Å². The third-order valence-corrected chi connectivity index (χ3v) is 7.95. The number of halogens is 1. The number of aliphatic hydroxyl groups is 1. The number of hydrogen-bond donors (Lipinski definition) is 1. The van der Waals surface area contributed by atoms with Gasteiger partial charge in [0.2, 0.25) is 0 Å². The van der Waals surface area contributed by atoms with Crippen LogP contribution in [-0.2, 0) is 0 Å². The van der Waals surface area contributed by atoms with Gasteiger partial charge in [0.25, 0.3) is 0 Å². The van der Waals surface area contributed by atoms with Crippen LogP contribution in [0.2, 0.25) is 0 Å². The number of rotatable bonds is 27. The molecule has 0 spiro atoms. The molecule has 208 valence electrons. The van der Waals surface area contributed by atoms with E-state index in [0.717, 1.165) is 17.6 Å². The van der Waals surface area contributed by atoms with Gasteiger partial charge < -0.3 is 22.0 Å². The van der Waals surface area contributed by atoms with E-state index in [-0.39, 0.29) is 18.6 Å². The molecule has 1 atom stereocenters. The van der Waals surface area contributed by atoms with Crippen LogP contribution in [0, 0.1) is 0 Å². The highest BCUT2D eigenvalue weighted by Gasteiger charge is 2.26. The van der Waals surface area contributed by atoms with E-state index in [1.54, 1.807) is 0 Å². The van der Waals surface area contributed by atoms with Crippen LogP contribution in [0.4, 0.5) is 0 Å². The number of nitrogens with zero attached hydrogens (tertiary/aromatic N) is 1. The standard InChI is InChI=1S/C31H66NO.ClH/c1-5-7-9-11-13-15-17-19-21-23-25-27-29-32(4,31(3)33)30-28-26-24-22-20-18-16-14-12-10-8-6-2;/h31,33H,5-30H2,1-4H3;1H/q+1;/p-1. The Balaban J connectivity index is 0. The number of hydrogen-bond acceptors (Lipinski definition) is 1. The van der Waals surface area contributed by atoms with E-state index < -0.39 is 0 Å². The van der Waals surface area contributed by atoms with Gasteiger partial charge in [-0.3, -0.25) is 0 Å². The lowest BCUT2D eigenvalue weighted by atomic mass is 10.0. The quantitative estimate of drug-likeness (QED) is 0.0714. The Labute approximate surface area is 223 Å². The monoisotopic (exact) mass is 503 g/mol. The van der Waals surface area contributed by atoms with E-state index in [1.807, 2.05) is 6.92 Å². The molecule has 0 aliphatic carbocycles. The van der Waals surface area contributed by atoms with Gasteiger partial charge in [-0.05, 0) is 25.7 Å². The zero-order valence-corrected chi connectivity index (χ0v) is 25.0. The first-order chi connectivity index (χ1) is 16.1. The molecule has 0 saturated heterocycles. The van der Waals surface area contributed by atoms with Crippen molar-refractivity contribution in [2.75, 3.05) is 20.1 Å². The Bertz CT molecular complexity index is 346. The lowest BCUT2D eigenvalue weighted by Gasteiger charge is -2.37. The summed E-state index contributed by atoms with van der Waals surface area (Å²) < 4.78 is 0.857. The molecule has 0 amide bonds. The van der Waals surface area contributed by atoms with Gasteiger partial charge in [0.05, 0.1) is 20.1 Å². The molecule has 0 bridgehead atoms. The number of quaternary nitrogens is 1. The topological polar surface area (TPSA) is 20.2 Å². The second kappa shape index (κ2) is 27.8. The van der Waals surface area contributed by atoms with Crippen LogP contribution in [0.15, 0.2) is 0 Å². The maximum Gasteiger partial charge on any atom is 0.187 e. The highest BCUT2D eigenvalue weighted by Crippen LogP contribution is 2.17. The molecular formula is C31H66ClNO. The lowest BCUT2D eigenvalue weighted by Crippen LogP contribution is -3.00. The van der Waals surface area contributed by atoms with Crippen molar-refractivity contribution in [3.8, 4) is 0 Å².